The molecule has 3 aromatic rings. The number of hydrogen-bond acceptors (Lipinski definition) is 6. The number of ether oxygens (including phenoxy) is 1. The van der Waals surface area contributed by atoms with E-state index >= 15 is 0 Å². The van der Waals surface area contributed by atoms with E-state index in [2.05, 4.69) is 9.69 Å². The number of nitrogens with one attached hydrogen (secondary N) is 1. The fourth-order valence-corrected chi connectivity index (χ4v) is 2.84. The Hall–Kier alpha value is -2.93. The molecule has 7 heteroatoms. The van der Waals surface area contributed by atoms with E-state index in [1.54, 1.807) is 36.4 Å². The minimum absolute atomic E-state index is 0.226. The molecule has 0 amide bonds. The molecule has 0 aliphatic carbocycles. The van der Waals surface area contributed by atoms with Crippen LogP contribution in [0.1, 0.15) is 15.2 Å². The molecule has 0 unspecified atom stereocenters. The predicted octanol–water partition coefficient (Wildman–Crippen LogP) is 3.85. The van der Waals surface area contributed by atoms with Crippen LogP contribution in [0.15, 0.2) is 48.5 Å². The molecule has 0 atom stereocenters. The van der Waals surface area contributed by atoms with Gasteiger partial charge in [0, 0.05) is 11.3 Å². The summed E-state index contributed by atoms with van der Waals surface area (Å²) in [6, 6.07) is 12.6. The van der Waals surface area contributed by atoms with Crippen LogP contribution < -0.4 is 15.8 Å². The molecule has 3 rings (SSSR count). The molecule has 0 saturated carbocycles. The first kappa shape index (κ1) is 15.9. The van der Waals surface area contributed by atoms with Gasteiger partial charge in [0.15, 0.2) is 5.82 Å². The van der Waals surface area contributed by atoms with Crippen LogP contribution in [0.4, 0.5) is 21.6 Å². The van der Waals surface area contributed by atoms with Gasteiger partial charge in [0.2, 0.25) is 5.78 Å². The third kappa shape index (κ3) is 3.21. The van der Waals surface area contributed by atoms with E-state index in [1.807, 2.05) is 0 Å². The van der Waals surface area contributed by atoms with Crippen molar-refractivity contribution in [3.8, 4) is 5.75 Å². The highest BCUT2D eigenvalue weighted by Crippen LogP contribution is 2.31. The van der Waals surface area contributed by atoms with Gasteiger partial charge in [-0.1, -0.05) is 12.1 Å². The van der Waals surface area contributed by atoms with Gasteiger partial charge in [-0.3, -0.25) is 4.79 Å². The lowest BCUT2D eigenvalue weighted by Crippen LogP contribution is -2.03. The summed E-state index contributed by atoms with van der Waals surface area (Å²) in [5.41, 5.74) is 7.41. The number of ketones is 1. The maximum atomic E-state index is 12.9. The Morgan fingerprint density at radius 3 is 2.71 bits per heavy atom. The zero-order valence-corrected chi connectivity index (χ0v) is 13.6. The van der Waals surface area contributed by atoms with E-state index in [4.69, 9.17) is 10.5 Å². The summed E-state index contributed by atoms with van der Waals surface area (Å²) in [6.07, 6.45) is 0. The molecule has 0 aliphatic heterocycles. The van der Waals surface area contributed by atoms with Crippen LogP contribution >= 0.6 is 11.5 Å². The van der Waals surface area contributed by atoms with E-state index < -0.39 is 0 Å². The minimum Gasteiger partial charge on any atom is -0.497 e. The first-order valence-electron chi connectivity index (χ1n) is 7.05. The summed E-state index contributed by atoms with van der Waals surface area (Å²) < 4.78 is 22.3. The average Bonchev–Trinajstić information content (AvgIpc) is 2.97. The van der Waals surface area contributed by atoms with Gasteiger partial charge in [-0.05, 0) is 47.9 Å². The number of benzene rings is 2. The number of rotatable bonds is 5. The first-order chi connectivity index (χ1) is 11.6. The van der Waals surface area contributed by atoms with E-state index in [-0.39, 0.29) is 17.3 Å². The van der Waals surface area contributed by atoms with Crippen LogP contribution in [0.25, 0.3) is 0 Å². The number of nitrogen functional groups attached to an aromatic ring is 1. The van der Waals surface area contributed by atoms with E-state index in [0.717, 1.165) is 11.5 Å². The van der Waals surface area contributed by atoms with Crippen molar-refractivity contribution in [2.45, 2.75) is 0 Å². The molecule has 0 fully saturated rings. The van der Waals surface area contributed by atoms with Crippen LogP contribution in [-0.2, 0) is 0 Å². The van der Waals surface area contributed by atoms with Crippen molar-refractivity contribution < 1.29 is 13.9 Å². The Bertz CT molecular complexity index is 878. The zero-order chi connectivity index (χ0) is 17.1. The zero-order valence-electron chi connectivity index (χ0n) is 12.7. The monoisotopic (exact) mass is 343 g/mol. The number of nitrogens with zero attached hydrogens (tertiary/aromatic N) is 1. The lowest BCUT2D eigenvalue weighted by molar-refractivity contribution is 0.104. The summed E-state index contributed by atoms with van der Waals surface area (Å²) in [5, 5.41) is 2.98. The number of anilines is 3. The van der Waals surface area contributed by atoms with E-state index in [0.29, 0.717) is 27.7 Å². The van der Waals surface area contributed by atoms with Gasteiger partial charge >= 0.3 is 0 Å². The van der Waals surface area contributed by atoms with Crippen LogP contribution in [-0.4, -0.2) is 17.3 Å². The maximum absolute atomic E-state index is 12.9. The summed E-state index contributed by atoms with van der Waals surface area (Å²) in [4.78, 5) is 12.9. The van der Waals surface area contributed by atoms with Crippen LogP contribution in [0.5, 0.6) is 5.75 Å². The summed E-state index contributed by atoms with van der Waals surface area (Å²) >= 11 is 1.01. The summed E-state index contributed by atoms with van der Waals surface area (Å²) in [6.45, 7) is 0. The quantitative estimate of drug-likeness (QED) is 0.688. The molecule has 5 nitrogen and oxygen atoms in total. The van der Waals surface area contributed by atoms with Crippen molar-refractivity contribution in [1.29, 1.82) is 0 Å². The second-order valence-electron chi connectivity index (χ2n) is 4.97. The highest BCUT2D eigenvalue weighted by molar-refractivity contribution is 7.09. The molecular formula is C17H14FN3O2S. The predicted molar refractivity (Wildman–Crippen MR) is 92.6 cm³/mol. The van der Waals surface area contributed by atoms with Gasteiger partial charge in [0.25, 0.3) is 0 Å². The smallest absolute Gasteiger partial charge is 0.206 e. The molecule has 1 heterocycles. The lowest BCUT2D eigenvalue weighted by Gasteiger charge is -2.05. The van der Waals surface area contributed by atoms with Crippen molar-refractivity contribution in [3.63, 3.8) is 0 Å². The maximum Gasteiger partial charge on any atom is 0.206 e. The van der Waals surface area contributed by atoms with Crippen molar-refractivity contribution in [2.75, 3.05) is 18.2 Å². The van der Waals surface area contributed by atoms with Gasteiger partial charge in [-0.2, -0.15) is 4.37 Å². The third-order valence-corrected chi connectivity index (χ3v) is 4.23. The van der Waals surface area contributed by atoms with Crippen LogP contribution in [0.3, 0.4) is 0 Å². The molecule has 122 valence electrons. The average molecular weight is 343 g/mol. The first-order valence-corrected chi connectivity index (χ1v) is 7.82. The highest BCUT2D eigenvalue weighted by atomic mass is 32.1. The molecular weight excluding hydrogens is 329 g/mol. The van der Waals surface area contributed by atoms with Gasteiger partial charge in [-0.15, -0.1) is 0 Å². The molecule has 3 N–H and O–H groups in total. The summed E-state index contributed by atoms with van der Waals surface area (Å²) in [5.74, 6) is 0.406. The highest BCUT2D eigenvalue weighted by Gasteiger charge is 2.19. The number of halogens is 1. The molecule has 24 heavy (non-hydrogen) atoms. The van der Waals surface area contributed by atoms with E-state index in [9.17, 15) is 9.18 Å². The Morgan fingerprint density at radius 2 is 2.00 bits per heavy atom. The Balaban J connectivity index is 1.86. The molecule has 0 aliphatic rings. The number of carbonyl (C=O) groups is 1. The normalized spacial score (nSPS) is 10.4. The van der Waals surface area contributed by atoms with Crippen LogP contribution in [0.2, 0.25) is 0 Å². The Labute approximate surface area is 142 Å². The van der Waals surface area contributed by atoms with Gasteiger partial charge in [0.1, 0.15) is 16.4 Å². The van der Waals surface area contributed by atoms with Crippen molar-refractivity contribution in [1.82, 2.24) is 4.37 Å². The lowest BCUT2D eigenvalue weighted by atomic mass is 10.1. The summed E-state index contributed by atoms with van der Waals surface area (Å²) in [7, 11) is 1.54. The van der Waals surface area contributed by atoms with Gasteiger partial charge in [-0.25, -0.2) is 4.39 Å². The number of nitrogens with two attached hydrogens (primary N) is 1. The minimum atomic E-state index is -0.333. The molecule has 1 aromatic heterocycles. The van der Waals surface area contributed by atoms with Gasteiger partial charge < -0.3 is 15.8 Å². The molecule has 0 spiro atoms. The molecule has 2 aromatic carbocycles. The van der Waals surface area contributed by atoms with E-state index in [1.165, 1.54) is 19.2 Å². The van der Waals surface area contributed by atoms with Crippen molar-refractivity contribution >= 4 is 34.5 Å². The second-order valence-corrected chi connectivity index (χ2v) is 5.74. The van der Waals surface area contributed by atoms with Crippen molar-refractivity contribution in [3.05, 3.63) is 64.8 Å². The SMILES string of the molecule is COc1cccc(C(=O)c2snc(Nc3ccc(F)cc3)c2N)c1. The molecule has 0 bridgehead atoms. The number of aromatic nitrogens is 1. The van der Waals surface area contributed by atoms with Crippen LogP contribution in [0, 0.1) is 5.82 Å². The van der Waals surface area contributed by atoms with Crippen molar-refractivity contribution in [2.24, 2.45) is 0 Å². The second kappa shape index (κ2) is 6.67. The fraction of sp³-hybridized carbons (Fsp3) is 0.0588. The topological polar surface area (TPSA) is 77.2 Å². The Morgan fingerprint density at radius 1 is 1.25 bits per heavy atom. The number of hydrogen-bond donors (Lipinski definition) is 2. The number of carbonyl (C=O) groups excluding carboxylic acids is 1. The van der Waals surface area contributed by atoms with Gasteiger partial charge in [0.05, 0.1) is 12.8 Å². The molecule has 0 radical (unpaired) electrons. The Kier molecular flexibility index (Phi) is 4.43. The molecule has 0 saturated heterocycles. The fourth-order valence-electron chi connectivity index (χ4n) is 2.12. The largest absolute Gasteiger partial charge is 0.497 e. The third-order valence-electron chi connectivity index (χ3n) is 3.37. The standard InChI is InChI=1S/C17H14FN3O2S/c1-23-13-4-2-3-10(9-13)15(22)16-14(19)17(21-24-16)20-12-7-5-11(18)6-8-12/h2-9H,19H2,1H3,(H,20,21). The number of methoxy groups -OCH3 is 1.